The Morgan fingerprint density at radius 1 is 1.40 bits per heavy atom. The van der Waals surface area contributed by atoms with Crippen LogP contribution < -0.4 is 5.06 Å². The minimum Gasteiger partial charge on any atom is -0.281 e. The molecular formula is C12H15NO2. The molecule has 80 valence electrons. The zero-order valence-electron chi connectivity index (χ0n) is 8.81. The van der Waals surface area contributed by atoms with Gasteiger partial charge in [-0.1, -0.05) is 38.0 Å². The highest BCUT2D eigenvalue weighted by molar-refractivity contribution is 6.02. The van der Waals surface area contributed by atoms with Crippen molar-refractivity contribution in [1.29, 1.82) is 0 Å². The Balaban J connectivity index is 2.30. The van der Waals surface area contributed by atoms with Crippen LogP contribution in [0.2, 0.25) is 0 Å². The number of amides is 1. The van der Waals surface area contributed by atoms with Crippen molar-refractivity contribution in [3.63, 3.8) is 0 Å². The summed E-state index contributed by atoms with van der Waals surface area (Å²) in [4.78, 5) is 11.7. The van der Waals surface area contributed by atoms with Crippen LogP contribution in [0.5, 0.6) is 0 Å². The first-order valence-corrected chi connectivity index (χ1v) is 5.37. The topological polar surface area (TPSA) is 40.5 Å². The van der Waals surface area contributed by atoms with Gasteiger partial charge in [0.15, 0.2) is 0 Å². The summed E-state index contributed by atoms with van der Waals surface area (Å²) < 4.78 is 0. The van der Waals surface area contributed by atoms with Gasteiger partial charge in [0.2, 0.25) is 0 Å². The first kappa shape index (κ1) is 10.2. The van der Waals surface area contributed by atoms with E-state index in [-0.39, 0.29) is 11.8 Å². The van der Waals surface area contributed by atoms with Crippen molar-refractivity contribution in [3.05, 3.63) is 29.8 Å². The lowest BCUT2D eigenvalue weighted by Gasteiger charge is -2.08. The number of para-hydroxylation sites is 1. The van der Waals surface area contributed by atoms with E-state index in [2.05, 4.69) is 6.92 Å². The Hall–Kier alpha value is -1.35. The van der Waals surface area contributed by atoms with Crippen LogP contribution in [0.4, 0.5) is 5.69 Å². The summed E-state index contributed by atoms with van der Waals surface area (Å²) in [5.74, 6) is -0.337. The summed E-state index contributed by atoms with van der Waals surface area (Å²) >= 11 is 0. The van der Waals surface area contributed by atoms with Gasteiger partial charge in [0.1, 0.15) is 0 Å². The van der Waals surface area contributed by atoms with Crippen molar-refractivity contribution in [2.45, 2.75) is 32.1 Å². The van der Waals surface area contributed by atoms with Gasteiger partial charge in [-0.05, 0) is 18.1 Å². The number of unbranched alkanes of at least 4 members (excludes halogenated alkanes) is 1. The molecule has 1 atom stereocenters. The molecule has 1 aromatic rings. The van der Waals surface area contributed by atoms with Crippen molar-refractivity contribution in [3.8, 4) is 0 Å². The fourth-order valence-electron chi connectivity index (χ4n) is 2.06. The minimum atomic E-state index is -0.190. The molecule has 0 spiro atoms. The van der Waals surface area contributed by atoms with E-state index in [1.807, 2.05) is 18.2 Å². The molecule has 3 heteroatoms. The van der Waals surface area contributed by atoms with Crippen LogP contribution >= 0.6 is 0 Å². The molecule has 0 aliphatic carbocycles. The number of hydrogen-bond acceptors (Lipinski definition) is 2. The van der Waals surface area contributed by atoms with E-state index in [0.29, 0.717) is 5.69 Å². The number of rotatable bonds is 3. The molecule has 0 saturated heterocycles. The second kappa shape index (κ2) is 4.03. The van der Waals surface area contributed by atoms with Gasteiger partial charge in [-0.3, -0.25) is 10.0 Å². The third-order valence-electron chi connectivity index (χ3n) is 2.89. The molecule has 1 aliphatic heterocycles. The number of fused-ring (bicyclic) bond motifs is 1. The van der Waals surface area contributed by atoms with E-state index in [1.165, 1.54) is 0 Å². The molecule has 1 aliphatic rings. The average Bonchev–Trinajstić information content (AvgIpc) is 2.51. The second-order valence-electron chi connectivity index (χ2n) is 3.90. The van der Waals surface area contributed by atoms with Gasteiger partial charge < -0.3 is 0 Å². The van der Waals surface area contributed by atoms with Crippen LogP contribution in [0.1, 0.15) is 37.7 Å². The summed E-state index contributed by atoms with van der Waals surface area (Å²) in [7, 11) is 0. The Labute approximate surface area is 89.3 Å². The van der Waals surface area contributed by atoms with E-state index in [1.54, 1.807) is 6.07 Å². The van der Waals surface area contributed by atoms with Crippen molar-refractivity contribution in [2.24, 2.45) is 0 Å². The van der Waals surface area contributed by atoms with Gasteiger partial charge in [-0.25, -0.2) is 0 Å². The predicted molar refractivity (Wildman–Crippen MR) is 58.0 cm³/mol. The SMILES string of the molecule is CCCCC1C(=O)N(O)c2ccccc21. The number of carbonyl (C=O) groups excluding carboxylic acids is 1. The molecule has 3 nitrogen and oxygen atoms in total. The molecule has 0 radical (unpaired) electrons. The number of nitrogens with zero attached hydrogens (tertiary/aromatic N) is 1. The molecule has 15 heavy (non-hydrogen) atoms. The van der Waals surface area contributed by atoms with E-state index >= 15 is 0 Å². The molecular weight excluding hydrogens is 190 g/mol. The van der Waals surface area contributed by atoms with Crippen LogP contribution in [0.15, 0.2) is 24.3 Å². The summed E-state index contributed by atoms with van der Waals surface area (Å²) in [5, 5.41) is 10.4. The van der Waals surface area contributed by atoms with Crippen LogP contribution in [-0.2, 0) is 4.79 Å². The molecule has 2 rings (SSSR count). The van der Waals surface area contributed by atoms with Gasteiger partial charge in [-0.15, -0.1) is 0 Å². The maximum Gasteiger partial charge on any atom is 0.258 e. The molecule has 1 N–H and O–H groups in total. The molecule has 0 aromatic heterocycles. The predicted octanol–water partition coefficient (Wildman–Crippen LogP) is 2.70. The molecule has 0 bridgehead atoms. The fraction of sp³-hybridized carbons (Fsp3) is 0.417. The van der Waals surface area contributed by atoms with Crippen molar-refractivity contribution >= 4 is 11.6 Å². The zero-order valence-corrected chi connectivity index (χ0v) is 8.81. The zero-order chi connectivity index (χ0) is 10.8. The standard InChI is InChI=1S/C12H15NO2/c1-2-3-6-10-9-7-4-5-8-11(9)13(15)12(10)14/h4-5,7-8,10,15H,2-3,6H2,1H3. The highest BCUT2D eigenvalue weighted by Gasteiger charge is 2.35. The highest BCUT2D eigenvalue weighted by Crippen LogP contribution is 2.38. The lowest BCUT2D eigenvalue weighted by atomic mass is 9.95. The monoisotopic (exact) mass is 205 g/mol. The van der Waals surface area contributed by atoms with Crippen molar-refractivity contribution < 1.29 is 10.0 Å². The Morgan fingerprint density at radius 2 is 2.13 bits per heavy atom. The van der Waals surface area contributed by atoms with Gasteiger partial charge in [0.25, 0.3) is 5.91 Å². The van der Waals surface area contributed by atoms with Crippen LogP contribution in [0.25, 0.3) is 0 Å². The molecule has 0 saturated carbocycles. The summed E-state index contributed by atoms with van der Waals surface area (Å²) in [6.45, 7) is 2.10. The normalized spacial score (nSPS) is 19.5. The molecule has 0 fully saturated rings. The van der Waals surface area contributed by atoms with Crippen molar-refractivity contribution in [2.75, 3.05) is 5.06 Å². The van der Waals surface area contributed by atoms with Crippen LogP contribution in [0.3, 0.4) is 0 Å². The Bertz CT molecular complexity index is 376. The smallest absolute Gasteiger partial charge is 0.258 e. The van der Waals surface area contributed by atoms with Crippen molar-refractivity contribution in [1.82, 2.24) is 0 Å². The van der Waals surface area contributed by atoms with Gasteiger partial charge in [-0.2, -0.15) is 5.06 Å². The Morgan fingerprint density at radius 3 is 2.87 bits per heavy atom. The number of carbonyl (C=O) groups is 1. The third kappa shape index (κ3) is 1.63. The lowest BCUT2D eigenvalue weighted by Crippen LogP contribution is -2.24. The Kier molecular flexibility index (Phi) is 2.73. The lowest BCUT2D eigenvalue weighted by molar-refractivity contribution is -0.124. The number of hydrogen-bond donors (Lipinski definition) is 1. The number of hydroxylamine groups is 1. The van der Waals surface area contributed by atoms with E-state index < -0.39 is 0 Å². The summed E-state index contributed by atoms with van der Waals surface area (Å²) in [6.07, 6.45) is 2.90. The maximum atomic E-state index is 11.7. The molecule has 1 heterocycles. The number of anilines is 1. The number of benzene rings is 1. The first-order valence-electron chi connectivity index (χ1n) is 5.37. The highest BCUT2D eigenvalue weighted by atomic mass is 16.5. The van der Waals surface area contributed by atoms with Crippen LogP contribution in [0, 0.1) is 0 Å². The fourth-order valence-corrected chi connectivity index (χ4v) is 2.06. The van der Waals surface area contributed by atoms with Gasteiger partial charge in [0.05, 0.1) is 11.6 Å². The molecule has 1 amide bonds. The van der Waals surface area contributed by atoms with E-state index in [0.717, 1.165) is 29.9 Å². The summed E-state index contributed by atoms with van der Waals surface area (Å²) in [6, 6.07) is 7.44. The van der Waals surface area contributed by atoms with Gasteiger partial charge >= 0.3 is 0 Å². The largest absolute Gasteiger partial charge is 0.281 e. The molecule has 1 unspecified atom stereocenters. The quantitative estimate of drug-likeness (QED) is 0.771. The van der Waals surface area contributed by atoms with Crippen LogP contribution in [-0.4, -0.2) is 11.1 Å². The van der Waals surface area contributed by atoms with Gasteiger partial charge in [0, 0.05) is 0 Å². The first-order chi connectivity index (χ1) is 7.25. The summed E-state index contributed by atoms with van der Waals surface area (Å²) in [5.41, 5.74) is 1.60. The maximum absolute atomic E-state index is 11.7. The second-order valence-corrected chi connectivity index (χ2v) is 3.90. The minimum absolute atomic E-state index is 0.147. The average molecular weight is 205 g/mol. The van der Waals surface area contributed by atoms with E-state index in [9.17, 15) is 10.0 Å². The third-order valence-corrected chi connectivity index (χ3v) is 2.89. The van der Waals surface area contributed by atoms with E-state index in [4.69, 9.17) is 0 Å². The molecule has 1 aromatic carbocycles.